The molecule has 1 aromatic rings. The summed E-state index contributed by atoms with van der Waals surface area (Å²) < 4.78 is 13.2. The van der Waals surface area contributed by atoms with Crippen molar-refractivity contribution in [3.8, 4) is 0 Å². The van der Waals surface area contributed by atoms with E-state index in [-0.39, 0.29) is 5.82 Å². The van der Waals surface area contributed by atoms with Gasteiger partial charge in [0.15, 0.2) is 0 Å². The number of hydrogen-bond donors (Lipinski definition) is 1. The van der Waals surface area contributed by atoms with Crippen molar-refractivity contribution in [3.05, 3.63) is 35.1 Å². The molecule has 0 spiro atoms. The first-order valence-electron chi connectivity index (χ1n) is 5.71. The van der Waals surface area contributed by atoms with Crippen LogP contribution in [-0.2, 0) is 6.42 Å². The highest BCUT2D eigenvalue weighted by atomic mass is 19.1. The van der Waals surface area contributed by atoms with E-state index in [1.807, 2.05) is 6.92 Å². The number of benzene rings is 1. The molecule has 1 fully saturated rings. The molecule has 1 heterocycles. The van der Waals surface area contributed by atoms with Crippen molar-refractivity contribution in [1.29, 1.82) is 0 Å². The number of hydrogen-bond acceptors (Lipinski definition) is 1. The van der Waals surface area contributed by atoms with Crippen LogP contribution in [0.3, 0.4) is 0 Å². The molecule has 0 aliphatic carbocycles. The molecular formula is C13H18FN. The first-order valence-corrected chi connectivity index (χ1v) is 5.71. The topological polar surface area (TPSA) is 12.0 Å². The van der Waals surface area contributed by atoms with E-state index in [2.05, 4.69) is 11.4 Å². The lowest BCUT2D eigenvalue weighted by atomic mass is 9.90. The lowest BCUT2D eigenvalue weighted by molar-refractivity contribution is 0.372. The van der Waals surface area contributed by atoms with Crippen LogP contribution in [0.5, 0.6) is 0 Å². The third kappa shape index (κ3) is 3.03. The number of piperidine rings is 1. The van der Waals surface area contributed by atoms with Crippen molar-refractivity contribution in [2.75, 3.05) is 13.1 Å². The molecule has 1 aliphatic rings. The number of nitrogens with one attached hydrogen (secondary N) is 1. The zero-order valence-corrected chi connectivity index (χ0v) is 9.22. The normalized spacial score (nSPS) is 18.0. The summed E-state index contributed by atoms with van der Waals surface area (Å²) in [5.74, 6) is 0.631. The Morgan fingerprint density at radius 3 is 2.67 bits per heavy atom. The van der Waals surface area contributed by atoms with Crippen molar-refractivity contribution < 1.29 is 4.39 Å². The van der Waals surface area contributed by atoms with Crippen LogP contribution in [0.25, 0.3) is 0 Å². The van der Waals surface area contributed by atoms with Gasteiger partial charge in [0.05, 0.1) is 0 Å². The SMILES string of the molecule is Cc1cc(F)cc(CC2CCNCC2)c1. The van der Waals surface area contributed by atoms with Crippen molar-refractivity contribution in [2.45, 2.75) is 26.2 Å². The first-order chi connectivity index (χ1) is 7.24. The van der Waals surface area contributed by atoms with E-state index >= 15 is 0 Å². The molecule has 0 unspecified atom stereocenters. The van der Waals surface area contributed by atoms with Crippen molar-refractivity contribution >= 4 is 0 Å². The summed E-state index contributed by atoms with van der Waals surface area (Å²) in [5, 5.41) is 3.35. The second kappa shape index (κ2) is 4.75. The van der Waals surface area contributed by atoms with Crippen LogP contribution in [-0.4, -0.2) is 13.1 Å². The number of aryl methyl sites for hydroxylation is 1. The van der Waals surface area contributed by atoms with E-state index in [4.69, 9.17) is 0 Å². The Morgan fingerprint density at radius 2 is 2.00 bits per heavy atom. The predicted octanol–water partition coefficient (Wildman–Crippen LogP) is 2.68. The van der Waals surface area contributed by atoms with Crippen molar-refractivity contribution in [1.82, 2.24) is 5.32 Å². The highest BCUT2D eigenvalue weighted by molar-refractivity contribution is 5.24. The van der Waals surface area contributed by atoms with Gasteiger partial charge in [-0.1, -0.05) is 6.07 Å². The molecule has 15 heavy (non-hydrogen) atoms. The van der Waals surface area contributed by atoms with E-state index in [0.29, 0.717) is 0 Å². The molecule has 0 amide bonds. The van der Waals surface area contributed by atoms with Gasteiger partial charge in [0, 0.05) is 0 Å². The predicted molar refractivity (Wildman–Crippen MR) is 60.4 cm³/mol. The minimum atomic E-state index is -0.0982. The van der Waals surface area contributed by atoms with Crippen LogP contribution < -0.4 is 5.32 Å². The second-order valence-electron chi connectivity index (χ2n) is 4.53. The number of halogens is 1. The third-order valence-corrected chi connectivity index (χ3v) is 3.09. The Kier molecular flexibility index (Phi) is 3.37. The Hall–Kier alpha value is -0.890. The van der Waals surface area contributed by atoms with Gasteiger partial charge < -0.3 is 5.32 Å². The maximum atomic E-state index is 13.2. The molecule has 0 bridgehead atoms. The highest BCUT2D eigenvalue weighted by Crippen LogP contribution is 2.19. The van der Waals surface area contributed by atoms with Crippen LogP contribution in [0, 0.1) is 18.7 Å². The minimum Gasteiger partial charge on any atom is -0.317 e. The highest BCUT2D eigenvalue weighted by Gasteiger charge is 2.13. The molecule has 0 saturated carbocycles. The second-order valence-corrected chi connectivity index (χ2v) is 4.53. The van der Waals surface area contributed by atoms with Gasteiger partial charge in [-0.3, -0.25) is 0 Å². The average Bonchev–Trinajstić information content (AvgIpc) is 2.17. The minimum absolute atomic E-state index is 0.0982. The summed E-state index contributed by atoms with van der Waals surface area (Å²) >= 11 is 0. The Balaban J connectivity index is 2.02. The van der Waals surface area contributed by atoms with Gasteiger partial charge in [0.25, 0.3) is 0 Å². The molecule has 2 heteroatoms. The lowest BCUT2D eigenvalue weighted by Crippen LogP contribution is -2.28. The van der Waals surface area contributed by atoms with Gasteiger partial charge in [0.2, 0.25) is 0 Å². The quantitative estimate of drug-likeness (QED) is 0.786. The van der Waals surface area contributed by atoms with Gasteiger partial charge >= 0.3 is 0 Å². The van der Waals surface area contributed by atoms with Crippen molar-refractivity contribution in [2.24, 2.45) is 5.92 Å². The van der Waals surface area contributed by atoms with Gasteiger partial charge in [-0.25, -0.2) is 4.39 Å². The lowest BCUT2D eigenvalue weighted by Gasteiger charge is -2.22. The van der Waals surface area contributed by atoms with E-state index in [1.165, 1.54) is 12.8 Å². The van der Waals surface area contributed by atoms with E-state index < -0.39 is 0 Å². The zero-order chi connectivity index (χ0) is 10.7. The fourth-order valence-electron chi connectivity index (χ4n) is 2.35. The first kappa shape index (κ1) is 10.6. The molecule has 1 saturated heterocycles. The number of rotatable bonds is 2. The molecular weight excluding hydrogens is 189 g/mol. The fraction of sp³-hybridized carbons (Fsp3) is 0.538. The maximum absolute atomic E-state index is 13.2. The summed E-state index contributed by atoms with van der Waals surface area (Å²) in [6.07, 6.45) is 3.46. The summed E-state index contributed by atoms with van der Waals surface area (Å²) in [7, 11) is 0. The van der Waals surface area contributed by atoms with Crippen LogP contribution in [0.4, 0.5) is 4.39 Å². The summed E-state index contributed by atoms with van der Waals surface area (Å²) in [6, 6.07) is 5.37. The fourth-order valence-corrected chi connectivity index (χ4v) is 2.35. The van der Waals surface area contributed by atoms with Gasteiger partial charge in [-0.15, -0.1) is 0 Å². The molecule has 1 aromatic carbocycles. The van der Waals surface area contributed by atoms with E-state index in [9.17, 15) is 4.39 Å². The summed E-state index contributed by atoms with van der Waals surface area (Å²) in [5.41, 5.74) is 2.18. The molecule has 0 atom stereocenters. The largest absolute Gasteiger partial charge is 0.317 e. The summed E-state index contributed by atoms with van der Waals surface area (Å²) in [6.45, 7) is 4.17. The maximum Gasteiger partial charge on any atom is 0.123 e. The van der Waals surface area contributed by atoms with E-state index in [1.54, 1.807) is 12.1 Å². The average molecular weight is 207 g/mol. The zero-order valence-electron chi connectivity index (χ0n) is 9.22. The Bertz CT molecular complexity index is 309. The molecule has 0 radical (unpaired) electrons. The van der Waals surface area contributed by atoms with Crippen LogP contribution in [0.1, 0.15) is 24.0 Å². The molecule has 1 aliphatic heterocycles. The van der Waals surface area contributed by atoms with Gasteiger partial charge in [-0.05, 0) is 68.5 Å². The Labute approximate surface area is 90.7 Å². The van der Waals surface area contributed by atoms with Crippen LogP contribution >= 0.6 is 0 Å². The standard InChI is InChI=1S/C13H18FN/c1-10-6-12(9-13(14)7-10)8-11-2-4-15-5-3-11/h6-7,9,11,15H,2-5,8H2,1H3. The smallest absolute Gasteiger partial charge is 0.123 e. The Morgan fingerprint density at radius 1 is 1.27 bits per heavy atom. The third-order valence-electron chi connectivity index (χ3n) is 3.09. The van der Waals surface area contributed by atoms with Crippen LogP contribution in [0.2, 0.25) is 0 Å². The molecule has 1 nitrogen and oxygen atoms in total. The van der Waals surface area contributed by atoms with Crippen molar-refractivity contribution in [3.63, 3.8) is 0 Å². The molecule has 82 valence electrons. The molecule has 2 rings (SSSR count). The summed E-state index contributed by atoms with van der Waals surface area (Å²) in [4.78, 5) is 0. The van der Waals surface area contributed by atoms with E-state index in [0.717, 1.165) is 36.6 Å². The molecule has 1 N–H and O–H groups in total. The monoisotopic (exact) mass is 207 g/mol. The van der Waals surface area contributed by atoms with Gasteiger partial charge in [0.1, 0.15) is 5.82 Å². The van der Waals surface area contributed by atoms with Gasteiger partial charge in [-0.2, -0.15) is 0 Å². The van der Waals surface area contributed by atoms with Crippen LogP contribution in [0.15, 0.2) is 18.2 Å². The molecule has 0 aromatic heterocycles.